The lowest BCUT2D eigenvalue weighted by Gasteiger charge is -2.32. The van der Waals surface area contributed by atoms with E-state index in [1.54, 1.807) is 6.07 Å². The third kappa shape index (κ3) is 2.31. The van der Waals surface area contributed by atoms with Gasteiger partial charge in [-0.3, -0.25) is 0 Å². The van der Waals surface area contributed by atoms with Gasteiger partial charge in [-0.05, 0) is 31.0 Å². The number of halogens is 1. The Morgan fingerprint density at radius 2 is 2.25 bits per heavy atom. The second-order valence-corrected chi connectivity index (χ2v) is 4.16. The van der Waals surface area contributed by atoms with Gasteiger partial charge in [0.05, 0.1) is 11.6 Å². The molecule has 1 aliphatic heterocycles. The van der Waals surface area contributed by atoms with E-state index < -0.39 is 0 Å². The van der Waals surface area contributed by atoms with Crippen molar-refractivity contribution in [3.8, 4) is 6.07 Å². The molecule has 1 atom stereocenters. The van der Waals surface area contributed by atoms with Crippen LogP contribution in [0.5, 0.6) is 0 Å². The lowest BCUT2D eigenvalue weighted by Crippen LogP contribution is -2.42. The van der Waals surface area contributed by atoms with E-state index in [1.807, 2.05) is 11.0 Å². The van der Waals surface area contributed by atoms with Gasteiger partial charge in [-0.25, -0.2) is 4.39 Å². The van der Waals surface area contributed by atoms with Crippen molar-refractivity contribution in [2.45, 2.75) is 18.9 Å². The first-order valence-corrected chi connectivity index (χ1v) is 5.40. The molecule has 2 rings (SSSR count). The molecular formula is C12H14FN3. The molecule has 0 bridgehead atoms. The van der Waals surface area contributed by atoms with Gasteiger partial charge in [0, 0.05) is 24.8 Å². The maximum atomic E-state index is 13.3. The van der Waals surface area contributed by atoms with Gasteiger partial charge >= 0.3 is 0 Å². The average Bonchev–Trinajstić information content (AvgIpc) is 2.28. The van der Waals surface area contributed by atoms with Crippen LogP contribution in [0.1, 0.15) is 18.4 Å². The fourth-order valence-electron chi connectivity index (χ4n) is 2.07. The number of nitrogens with zero attached hydrogens (tertiary/aromatic N) is 2. The lowest BCUT2D eigenvalue weighted by molar-refractivity contribution is 0.505. The summed E-state index contributed by atoms with van der Waals surface area (Å²) in [7, 11) is 0. The Morgan fingerprint density at radius 3 is 2.94 bits per heavy atom. The molecular weight excluding hydrogens is 205 g/mol. The quantitative estimate of drug-likeness (QED) is 0.781. The number of hydrogen-bond acceptors (Lipinski definition) is 3. The Bertz CT molecular complexity index is 425. The zero-order valence-corrected chi connectivity index (χ0v) is 8.99. The molecule has 84 valence electrons. The van der Waals surface area contributed by atoms with Crippen LogP contribution in [-0.2, 0) is 0 Å². The number of hydrogen-bond donors (Lipinski definition) is 1. The molecule has 1 fully saturated rings. The van der Waals surface area contributed by atoms with Crippen LogP contribution in [0, 0.1) is 17.1 Å². The minimum atomic E-state index is -0.367. The number of nitriles is 1. The summed E-state index contributed by atoms with van der Waals surface area (Å²) in [6, 6.07) is 6.51. The highest BCUT2D eigenvalue weighted by molar-refractivity contribution is 5.52. The van der Waals surface area contributed by atoms with Crippen molar-refractivity contribution in [2.24, 2.45) is 5.73 Å². The molecule has 1 aromatic rings. The number of piperidine rings is 1. The summed E-state index contributed by atoms with van der Waals surface area (Å²) in [5.41, 5.74) is 6.98. The van der Waals surface area contributed by atoms with Gasteiger partial charge in [-0.15, -0.1) is 0 Å². The van der Waals surface area contributed by atoms with Gasteiger partial charge < -0.3 is 10.6 Å². The summed E-state index contributed by atoms with van der Waals surface area (Å²) in [6.45, 7) is 1.61. The zero-order valence-electron chi connectivity index (χ0n) is 8.99. The summed E-state index contributed by atoms with van der Waals surface area (Å²) in [5, 5.41) is 8.78. The van der Waals surface area contributed by atoms with Crippen molar-refractivity contribution in [3.05, 3.63) is 29.6 Å². The molecule has 0 aromatic heterocycles. The van der Waals surface area contributed by atoms with Gasteiger partial charge in [0.2, 0.25) is 0 Å². The van der Waals surface area contributed by atoms with Gasteiger partial charge in [0.15, 0.2) is 0 Å². The highest BCUT2D eigenvalue weighted by atomic mass is 19.1. The van der Waals surface area contributed by atoms with E-state index in [9.17, 15) is 4.39 Å². The van der Waals surface area contributed by atoms with Crippen LogP contribution in [0.25, 0.3) is 0 Å². The number of nitrogens with two attached hydrogens (primary N) is 1. The summed E-state index contributed by atoms with van der Waals surface area (Å²) < 4.78 is 13.3. The highest BCUT2D eigenvalue weighted by Crippen LogP contribution is 2.21. The van der Waals surface area contributed by atoms with E-state index in [-0.39, 0.29) is 11.9 Å². The third-order valence-corrected chi connectivity index (χ3v) is 2.83. The van der Waals surface area contributed by atoms with Crippen molar-refractivity contribution in [1.82, 2.24) is 0 Å². The van der Waals surface area contributed by atoms with Crippen molar-refractivity contribution in [3.63, 3.8) is 0 Å². The average molecular weight is 219 g/mol. The molecule has 1 heterocycles. The predicted molar refractivity (Wildman–Crippen MR) is 60.5 cm³/mol. The standard InChI is InChI=1S/C12H14FN3/c13-10-4-9(7-14)5-12(6-10)16-3-1-2-11(15)8-16/h4-6,11H,1-3,8,15H2. The Hall–Kier alpha value is -1.60. The molecule has 0 saturated carbocycles. The second-order valence-electron chi connectivity index (χ2n) is 4.16. The molecule has 0 amide bonds. The highest BCUT2D eigenvalue weighted by Gasteiger charge is 2.17. The minimum absolute atomic E-state index is 0.141. The van der Waals surface area contributed by atoms with E-state index in [1.165, 1.54) is 12.1 Å². The number of anilines is 1. The van der Waals surface area contributed by atoms with Gasteiger partial charge in [-0.2, -0.15) is 5.26 Å². The van der Waals surface area contributed by atoms with Crippen LogP contribution in [0.3, 0.4) is 0 Å². The zero-order chi connectivity index (χ0) is 11.5. The molecule has 1 aromatic carbocycles. The van der Waals surface area contributed by atoms with Gasteiger partial charge in [-0.1, -0.05) is 0 Å². The molecule has 0 radical (unpaired) electrons. The fourth-order valence-corrected chi connectivity index (χ4v) is 2.07. The monoisotopic (exact) mass is 219 g/mol. The molecule has 1 unspecified atom stereocenters. The maximum absolute atomic E-state index is 13.3. The Kier molecular flexibility index (Phi) is 3.07. The fraction of sp³-hybridized carbons (Fsp3) is 0.417. The van der Waals surface area contributed by atoms with Crippen LogP contribution in [0.2, 0.25) is 0 Å². The van der Waals surface area contributed by atoms with Crippen LogP contribution >= 0.6 is 0 Å². The molecule has 16 heavy (non-hydrogen) atoms. The van der Waals surface area contributed by atoms with Crippen LogP contribution in [0.15, 0.2) is 18.2 Å². The van der Waals surface area contributed by atoms with E-state index >= 15 is 0 Å². The Balaban J connectivity index is 2.26. The molecule has 4 heteroatoms. The normalized spacial score (nSPS) is 20.6. The summed E-state index contributed by atoms with van der Waals surface area (Å²) >= 11 is 0. The van der Waals surface area contributed by atoms with Crippen molar-refractivity contribution < 1.29 is 4.39 Å². The van der Waals surface area contributed by atoms with Crippen LogP contribution < -0.4 is 10.6 Å². The lowest BCUT2D eigenvalue weighted by atomic mass is 10.1. The molecule has 2 N–H and O–H groups in total. The smallest absolute Gasteiger partial charge is 0.126 e. The third-order valence-electron chi connectivity index (χ3n) is 2.83. The predicted octanol–water partition coefficient (Wildman–Crippen LogP) is 1.62. The minimum Gasteiger partial charge on any atom is -0.370 e. The summed E-state index contributed by atoms with van der Waals surface area (Å²) in [4.78, 5) is 2.04. The SMILES string of the molecule is N#Cc1cc(F)cc(N2CCCC(N)C2)c1. The molecule has 0 aliphatic carbocycles. The van der Waals surface area contributed by atoms with Gasteiger partial charge in [0.25, 0.3) is 0 Å². The topological polar surface area (TPSA) is 53.0 Å². The number of rotatable bonds is 1. The first-order chi connectivity index (χ1) is 7.69. The van der Waals surface area contributed by atoms with E-state index in [4.69, 9.17) is 11.0 Å². The van der Waals surface area contributed by atoms with Crippen molar-refractivity contribution in [2.75, 3.05) is 18.0 Å². The Labute approximate surface area is 94.3 Å². The summed E-state index contributed by atoms with van der Waals surface area (Å²) in [6.07, 6.45) is 2.02. The van der Waals surface area contributed by atoms with E-state index in [0.29, 0.717) is 5.56 Å². The first kappa shape index (κ1) is 10.9. The van der Waals surface area contributed by atoms with Crippen LogP contribution in [-0.4, -0.2) is 19.1 Å². The van der Waals surface area contributed by atoms with Gasteiger partial charge in [0.1, 0.15) is 5.82 Å². The molecule has 3 nitrogen and oxygen atoms in total. The largest absolute Gasteiger partial charge is 0.370 e. The maximum Gasteiger partial charge on any atom is 0.126 e. The molecule has 1 saturated heterocycles. The van der Waals surface area contributed by atoms with Crippen molar-refractivity contribution in [1.29, 1.82) is 5.26 Å². The molecule has 1 aliphatic rings. The second kappa shape index (κ2) is 4.50. The van der Waals surface area contributed by atoms with Crippen molar-refractivity contribution >= 4 is 5.69 Å². The first-order valence-electron chi connectivity index (χ1n) is 5.40. The summed E-state index contributed by atoms with van der Waals surface area (Å²) in [5.74, 6) is -0.367. The molecule has 0 spiro atoms. The Morgan fingerprint density at radius 1 is 1.44 bits per heavy atom. The van der Waals surface area contributed by atoms with E-state index in [2.05, 4.69) is 0 Å². The number of benzene rings is 1. The van der Waals surface area contributed by atoms with Crippen LogP contribution in [0.4, 0.5) is 10.1 Å². The van der Waals surface area contributed by atoms with E-state index in [0.717, 1.165) is 31.6 Å².